The van der Waals surface area contributed by atoms with Gasteiger partial charge in [0.25, 0.3) is 0 Å². The third-order valence-electron chi connectivity index (χ3n) is 3.65. The summed E-state index contributed by atoms with van der Waals surface area (Å²) in [5.74, 6) is 1.13. The highest BCUT2D eigenvalue weighted by Crippen LogP contribution is 2.28. The van der Waals surface area contributed by atoms with Crippen LogP contribution in [-0.4, -0.2) is 22.8 Å². The van der Waals surface area contributed by atoms with Crippen LogP contribution in [0.25, 0.3) is 0 Å². The third-order valence-corrected chi connectivity index (χ3v) is 3.65. The molecule has 4 nitrogen and oxygen atoms in total. The SMILES string of the molecule is Nc1c(C2CCCOC2)ncn1Cc1ccccc1. The molecule has 0 radical (unpaired) electrons. The Morgan fingerprint density at radius 1 is 1.32 bits per heavy atom. The quantitative estimate of drug-likeness (QED) is 0.918. The second kappa shape index (κ2) is 5.45. The summed E-state index contributed by atoms with van der Waals surface area (Å²) < 4.78 is 7.53. The van der Waals surface area contributed by atoms with E-state index in [1.165, 1.54) is 5.56 Å². The van der Waals surface area contributed by atoms with Crippen LogP contribution in [0.5, 0.6) is 0 Å². The van der Waals surface area contributed by atoms with Crippen LogP contribution in [0, 0.1) is 0 Å². The lowest BCUT2D eigenvalue weighted by Crippen LogP contribution is -2.17. The van der Waals surface area contributed by atoms with Crippen LogP contribution in [0.2, 0.25) is 0 Å². The molecule has 1 atom stereocenters. The molecule has 3 rings (SSSR count). The van der Waals surface area contributed by atoms with Gasteiger partial charge in [0.15, 0.2) is 0 Å². The molecule has 1 aliphatic heterocycles. The summed E-state index contributed by atoms with van der Waals surface area (Å²) in [6.45, 7) is 2.38. The minimum atomic E-state index is 0.353. The van der Waals surface area contributed by atoms with Crippen molar-refractivity contribution in [3.8, 4) is 0 Å². The molecule has 0 amide bonds. The number of nitrogen functional groups attached to an aromatic ring is 1. The number of imidazole rings is 1. The Bertz CT molecular complexity index is 530. The Kier molecular flexibility index (Phi) is 3.51. The van der Waals surface area contributed by atoms with E-state index in [2.05, 4.69) is 17.1 Å². The van der Waals surface area contributed by atoms with Crippen molar-refractivity contribution in [3.63, 3.8) is 0 Å². The van der Waals surface area contributed by atoms with Gasteiger partial charge in [-0.1, -0.05) is 30.3 Å². The van der Waals surface area contributed by atoms with E-state index in [1.54, 1.807) is 0 Å². The van der Waals surface area contributed by atoms with Crippen molar-refractivity contribution in [1.29, 1.82) is 0 Å². The zero-order valence-electron chi connectivity index (χ0n) is 11.0. The van der Waals surface area contributed by atoms with Gasteiger partial charge in [-0.25, -0.2) is 4.98 Å². The molecular weight excluding hydrogens is 238 g/mol. The molecule has 0 bridgehead atoms. The van der Waals surface area contributed by atoms with Gasteiger partial charge in [-0.2, -0.15) is 0 Å². The van der Waals surface area contributed by atoms with Crippen LogP contribution in [0.4, 0.5) is 5.82 Å². The molecule has 0 spiro atoms. The normalized spacial score (nSPS) is 19.5. The Labute approximate surface area is 113 Å². The molecule has 1 saturated heterocycles. The largest absolute Gasteiger partial charge is 0.384 e. The van der Waals surface area contributed by atoms with Crippen LogP contribution >= 0.6 is 0 Å². The standard InChI is InChI=1S/C15H19N3O/c16-15-14(13-7-4-8-19-10-13)17-11-18(15)9-12-5-2-1-3-6-12/h1-3,5-6,11,13H,4,7-10,16H2. The van der Waals surface area contributed by atoms with E-state index < -0.39 is 0 Å². The van der Waals surface area contributed by atoms with E-state index in [0.717, 1.165) is 44.1 Å². The van der Waals surface area contributed by atoms with E-state index >= 15 is 0 Å². The number of rotatable bonds is 3. The van der Waals surface area contributed by atoms with Gasteiger partial charge in [0.1, 0.15) is 5.82 Å². The van der Waals surface area contributed by atoms with Gasteiger partial charge in [0, 0.05) is 12.5 Å². The number of aromatic nitrogens is 2. The second-order valence-corrected chi connectivity index (χ2v) is 5.04. The van der Waals surface area contributed by atoms with Gasteiger partial charge in [-0.15, -0.1) is 0 Å². The molecule has 1 fully saturated rings. The fourth-order valence-corrected chi connectivity index (χ4v) is 2.58. The lowest BCUT2D eigenvalue weighted by atomic mass is 9.98. The van der Waals surface area contributed by atoms with E-state index in [0.29, 0.717) is 5.92 Å². The minimum absolute atomic E-state index is 0.353. The Hall–Kier alpha value is -1.81. The fraction of sp³-hybridized carbons (Fsp3) is 0.400. The predicted molar refractivity (Wildman–Crippen MR) is 75.0 cm³/mol. The van der Waals surface area contributed by atoms with Crippen molar-refractivity contribution in [3.05, 3.63) is 47.9 Å². The van der Waals surface area contributed by atoms with Gasteiger partial charge in [0.2, 0.25) is 0 Å². The first-order valence-electron chi connectivity index (χ1n) is 6.77. The second-order valence-electron chi connectivity index (χ2n) is 5.04. The van der Waals surface area contributed by atoms with Crippen LogP contribution in [0.15, 0.2) is 36.7 Å². The van der Waals surface area contributed by atoms with E-state index in [1.807, 2.05) is 29.1 Å². The van der Waals surface area contributed by atoms with Crippen molar-refractivity contribution in [1.82, 2.24) is 9.55 Å². The number of hydrogen-bond donors (Lipinski definition) is 1. The van der Waals surface area contributed by atoms with Crippen LogP contribution in [0.1, 0.15) is 30.0 Å². The highest BCUT2D eigenvalue weighted by atomic mass is 16.5. The molecule has 2 aromatic rings. The van der Waals surface area contributed by atoms with Crippen LogP contribution < -0.4 is 5.73 Å². The van der Waals surface area contributed by atoms with Crippen molar-refractivity contribution in [2.24, 2.45) is 0 Å². The van der Waals surface area contributed by atoms with Gasteiger partial charge >= 0.3 is 0 Å². The molecule has 2 heterocycles. The van der Waals surface area contributed by atoms with Crippen LogP contribution in [-0.2, 0) is 11.3 Å². The minimum Gasteiger partial charge on any atom is -0.384 e. The average molecular weight is 257 g/mol. The maximum absolute atomic E-state index is 6.23. The number of benzene rings is 1. The topological polar surface area (TPSA) is 53.1 Å². The summed E-state index contributed by atoms with van der Waals surface area (Å²) >= 11 is 0. The number of ether oxygens (including phenoxy) is 1. The summed E-state index contributed by atoms with van der Waals surface area (Å²) in [6.07, 6.45) is 4.05. The third kappa shape index (κ3) is 2.63. The van der Waals surface area contributed by atoms with Gasteiger partial charge in [0.05, 0.1) is 25.2 Å². The molecule has 0 aliphatic carbocycles. The zero-order chi connectivity index (χ0) is 13.1. The smallest absolute Gasteiger partial charge is 0.127 e. The average Bonchev–Trinajstić information content (AvgIpc) is 2.82. The summed E-state index contributed by atoms with van der Waals surface area (Å²) in [5, 5.41) is 0. The van der Waals surface area contributed by atoms with Crippen molar-refractivity contribution in [2.45, 2.75) is 25.3 Å². The summed E-state index contributed by atoms with van der Waals surface area (Å²) in [7, 11) is 0. The molecule has 1 unspecified atom stereocenters. The molecule has 100 valence electrons. The van der Waals surface area contributed by atoms with Gasteiger partial charge < -0.3 is 15.0 Å². The van der Waals surface area contributed by atoms with E-state index in [4.69, 9.17) is 10.5 Å². The Morgan fingerprint density at radius 3 is 2.89 bits per heavy atom. The molecule has 1 aliphatic rings. The Morgan fingerprint density at radius 2 is 2.16 bits per heavy atom. The number of nitrogens with two attached hydrogens (primary N) is 1. The van der Waals surface area contributed by atoms with Crippen LogP contribution in [0.3, 0.4) is 0 Å². The monoisotopic (exact) mass is 257 g/mol. The lowest BCUT2D eigenvalue weighted by molar-refractivity contribution is 0.0796. The maximum atomic E-state index is 6.23. The first-order chi connectivity index (χ1) is 9.34. The predicted octanol–water partition coefficient (Wildman–Crippen LogP) is 2.41. The highest BCUT2D eigenvalue weighted by molar-refractivity contribution is 5.39. The fourth-order valence-electron chi connectivity index (χ4n) is 2.58. The zero-order valence-corrected chi connectivity index (χ0v) is 11.0. The highest BCUT2D eigenvalue weighted by Gasteiger charge is 2.21. The summed E-state index contributed by atoms with van der Waals surface area (Å²) in [5.41, 5.74) is 8.46. The maximum Gasteiger partial charge on any atom is 0.127 e. The number of nitrogens with zero attached hydrogens (tertiary/aromatic N) is 2. The molecule has 19 heavy (non-hydrogen) atoms. The van der Waals surface area contributed by atoms with E-state index in [9.17, 15) is 0 Å². The number of anilines is 1. The molecule has 1 aromatic carbocycles. The first kappa shape index (κ1) is 12.2. The summed E-state index contributed by atoms with van der Waals surface area (Å²) in [4.78, 5) is 4.49. The van der Waals surface area contributed by atoms with Gasteiger partial charge in [-0.3, -0.25) is 0 Å². The van der Waals surface area contributed by atoms with E-state index in [-0.39, 0.29) is 0 Å². The van der Waals surface area contributed by atoms with Crippen molar-refractivity contribution >= 4 is 5.82 Å². The summed E-state index contributed by atoms with van der Waals surface area (Å²) in [6, 6.07) is 10.3. The molecule has 2 N–H and O–H groups in total. The van der Waals surface area contributed by atoms with Gasteiger partial charge in [-0.05, 0) is 18.4 Å². The van der Waals surface area contributed by atoms with Crippen molar-refractivity contribution in [2.75, 3.05) is 18.9 Å². The molecule has 0 saturated carbocycles. The first-order valence-corrected chi connectivity index (χ1v) is 6.77. The Balaban J connectivity index is 1.78. The lowest BCUT2D eigenvalue weighted by Gasteiger charge is -2.21. The molecular formula is C15H19N3O. The molecule has 4 heteroatoms. The molecule has 1 aromatic heterocycles. The van der Waals surface area contributed by atoms with Crippen molar-refractivity contribution < 1.29 is 4.74 Å². The number of hydrogen-bond acceptors (Lipinski definition) is 3.